The summed E-state index contributed by atoms with van der Waals surface area (Å²) < 4.78 is 28.0. The summed E-state index contributed by atoms with van der Waals surface area (Å²) >= 11 is 0. The molecule has 0 aliphatic heterocycles. The summed E-state index contributed by atoms with van der Waals surface area (Å²) in [6, 6.07) is 9.22. The van der Waals surface area contributed by atoms with Crippen LogP contribution in [0.2, 0.25) is 0 Å². The van der Waals surface area contributed by atoms with Crippen molar-refractivity contribution in [3.8, 4) is 5.75 Å². The van der Waals surface area contributed by atoms with Gasteiger partial charge in [-0.3, -0.25) is 0 Å². The Morgan fingerprint density at radius 3 is 1.18 bits per heavy atom. The van der Waals surface area contributed by atoms with Gasteiger partial charge in [-0.15, -0.1) is 0 Å². The van der Waals surface area contributed by atoms with Crippen molar-refractivity contribution in [1.29, 1.82) is 0 Å². The number of rotatable bonds is 8. The molecule has 1 aromatic carbocycles. The summed E-state index contributed by atoms with van der Waals surface area (Å²) in [6.07, 6.45) is 17.7. The second-order valence-electron chi connectivity index (χ2n) is 19.3. The molecule has 1 aromatic rings. The Hall–Kier alpha value is -0.453. The Bertz CT molecular complexity index is 1070. The summed E-state index contributed by atoms with van der Waals surface area (Å²) in [7, 11) is -4.13. The van der Waals surface area contributed by atoms with Gasteiger partial charge in [-0.1, -0.05) is 26.1 Å². The molecule has 44 heavy (non-hydrogen) atoms. The third-order valence-electron chi connectivity index (χ3n) is 11.6. The molecule has 0 aromatic heterocycles. The normalized spacial score (nSPS) is 38.8. The smallest absolute Gasteiger partial charge is 0.479 e. The van der Waals surface area contributed by atoms with E-state index in [4.69, 9.17) is 17.7 Å². The predicted molar refractivity (Wildman–Crippen MR) is 184 cm³/mol. The molecule has 8 bridgehead atoms. The predicted octanol–water partition coefficient (Wildman–Crippen LogP) is 9.99. The van der Waals surface area contributed by atoms with Crippen LogP contribution in [0.25, 0.3) is 0 Å². The van der Waals surface area contributed by atoms with Crippen LogP contribution >= 0.6 is 7.92 Å². The van der Waals surface area contributed by atoms with E-state index in [9.17, 15) is 0 Å². The Morgan fingerprint density at radius 1 is 0.545 bits per heavy atom. The second-order valence-corrected chi connectivity index (χ2v) is 24.2. The SMILES string of the molecule is CC(C)(C)O[Si](Oc1ccccc1P(C12CC3CC(CC(C3)C1)C2)C12CC3CC(CC(C3)C1)C2)(OC(C)(C)C)OC(C)(C)C. The van der Waals surface area contributed by atoms with Crippen molar-refractivity contribution in [3.63, 3.8) is 0 Å². The lowest BCUT2D eigenvalue weighted by Gasteiger charge is -2.67. The molecule has 0 spiro atoms. The molecule has 0 amide bonds. The maximum Gasteiger partial charge on any atom is 0.750 e. The molecular formula is C38H61O4PSi. The van der Waals surface area contributed by atoms with Crippen molar-refractivity contribution < 1.29 is 17.7 Å². The minimum Gasteiger partial charge on any atom is -0.479 e. The topological polar surface area (TPSA) is 36.9 Å². The lowest BCUT2D eigenvalue weighted by Crippen LogP contribution is -2.62. The van der Waals surface area contributed by atoms with E-state index in [1.807, 2.05) is 0 Å². The maximum absolute atomic E-state index is 7.36. The molecule has 246 valence electrons. The van der Waals surface area contributed by atoms with Crippen LogP contribution in [0.5, 0.6) is 5.75 Å². The summed E-state index contributed by atoms with van der Waals surface area (Å²) in [5.74, 6) is 6.66. The van der Waals surface area contributed by atoms with Gasteiger partial charge in [0.05, 0.1) is 16.8 Å². The zero-order valence-corrected chi connectivity index (χ0v) is 31.2. The minimum absolute atomic E-state index is 0.447. The van der Waals surface area contributed by atoms with E-state index in [1.54, 1.807) is 0 Å². The van der Waals surface area contributed by atoms with Crippen LogP contribution in [-0.4, -0.2) is 36.2 Å². The lowest BCUT2D eigenvalue weighted by atomic mass is 9.55. The van der Waals surface area contributed by atoms with Crippen molar-refractivity contribution in [3.05, 3.63) is 24.3 Å². The second kappa shape index (κ2) is 10.8. The monoisotopic (exact) mass is 640 g/mol. The molecule has 8 aliphatic rings. The first-order valence-electron chi connectivity index (χ1n) is 18.1. The van der Waals surface area contributed by atoms with Gasteiger partial charge in [-0.25, -0.2) is 0 Å². The summed E-state index contributed by atoms with van der Waals surface area (Å²) in [5.41, 5.74) is -1.45. The third kappa shape index (κ3) is 6.37. The standard InChI is InChI=1S/C38H61O4PSi/c1-34(2,3)40-44(41-35(4,5)6,42-36(7,8)9)39-32-12-10-11-13-33(32)43(37-20-26-14-27(21-37)16-28(15-26)22-37)38-23-29-17-30(24-38)19-31(18-29)25-38/h10-13,26-31H,14-25H2,1-9H3. The molecule has 8 fully saturated rings. The first kappa shape index (κ1) is 32.1. The molecular weight excluding hydrogens is 579 g/mol. The number of benzene rings is 1. The molecule has 0 atom stereocenters. The fourth-order valence-electron chi connectivity index (χ4n) is 11.8. The van der Waals surface area contributed by atoms with E-state index in [2.05, 4.69) is 86.6 Å². The minimum atomic E-state index is -3.69. The first-order valence-corrected chi connectivity index (χ1v) is 21.1. The molecule has 8 aliphatic carbocycles. The first-order chi connectivity index (χ1) is 20.4. The van der Waals surface area contributed by atoms with Crippen LogP contribution in [0, 0.1) is 35.5 Å². The molecule has 0 heterocycles. The van der Waals surface area contributed by atoms with E-state index in [0.29, 0.717) is 10.3 Å². The van der Waals surface area contributed by atoms with Crippen molar-refractivity contribution in [2.24, 2.45) is 35.5 Å². The van der Waals surface area contributed by atoms with Crippen LogP contribution in [0.4, 0.5) is 0 Å². The molecule has 6 heteroatoms. The van der Waals surface area contributed by atoms with Gasteiger partial charge in [0.25, 0.3) is 0 Å². The highest BCUT2D eigenvalue weighted by atomic mass is 31.1. The van der Waals surface area contributed by atoms with E-state index >= 15 is 0 Å². The number of hydrogen-bond acceptors (Lipinski definition) is 4. The molecule has 0 radical (unpaired) electrons. The summed E-state index contributed by atoms with van der Waals surface area (Å²) in [4.78, 5) is 0. The average Bonchev–Trinajstić information content (AvgIpc) is 2.79. The van der Waals surface area contributed by atoms with Crippen molar-refractivity contribution >= 4 is 22.3 Å². The molecule has 9 rings (SSSR count). The van der Waals surface area contributed by atoms with Crippen molar-refractivity contribution in [2.75, 3.05) is 0 Å². The highest BCUT2D eigenvalue weighted by Crippen LogP contribution is 2.78. The van der Waals surface area contributed by atoms with Crippen LogP contribution in [0.3, 0.4) is 0 Å². The zero-order valence-electron chi connectivity index (χ0n) is 29.3. The molecule has 8 saturated carbocycles. The average molecular weight is 641 g/mol. The van der Waals surface area contributed by atoms with E-state index in [0.717, 1.165) is 41.3 Å². The van der Waals surface area contributed by atoms with Crippen LogP contribution < -0.4 is 9.73 Å². The lowest BCUT2D eigenvalue weighted by molar-refractivity contribution is -0.113. The van der Waals surface area contributed by atoms with Crippen LogP contribution in [0.1, 0.15) is 139 Å². The molecule has 0 saturated heterocycles. The van der Waals surface area contributed by atoms with Crippen molar-refractivity contribution in [2.45, 2.75) is 166 Å². The van der Waals surface area contributed by atoms with E-state index < -0.39 is 33.8 Å². The van der Waals surface area contributed by atoms with Gasteiger partial charge in [0.1, 0.15) is 5.75 Å². The maximum atomic E-state index is 7.36. The highest BCUT2D eigenvalue weighted by Gasteiger charge is 2.64. The number of hydrogen-bond donors (Lipinski definition) is 0. The zero-order chi connectivity index (χ0) is 31.3. The van der Waals surface area contributed by atoms with E-state index in [1.165, 1.54) is 82.4 Å². The molecule has 4 nitrogen and oxygen atoms in total. The highest BCUT2D eigenvalue weighted by molar-refractivity contribution is 7.69. The molecule has 0 unspecified atom stereocenters. The number of para-hydroxylation sites is 1. The fraction of sp³-hybridized carbons (Fsp3) is 0.842. The third-order valence-corrected chi connectivity index (χ3v) is 18.5. The fourth-order valence-corrected chi connectivity index (χ4v) is 20.1. The Labute approximate surface area is 271 Å². The summed E-state index contributed by atoms with van der Waals surface area (Å²) in [6.45, 7) is 18.9. The Morgan fingerprint density at radius 2 is 0.864 bits per heavy atom. The van der Waals surface area contributed by atoms with Crippen molar-refractivity contribution in [1.82, 2.24) is 0 Å². The van der Waals surface area contributed by atoms with Gasteiger partial charge >= 0.3 is 9.05 Å². The summed E-state index contributed by atoms with van der Waals surface area (Å²) in [5, 5.41) is 2.43. The Balaban J connectivity index is 1.36. The van der Waals surface area contributed by atoms with Gasteiger partial charge in [0.15, 0.2) is 0 Å². The largest absolute Gasteiger partial charge is 0.750 e. The van der Waals surface area contributed by atoms with Gasteiger partial charge < -0.3 is 17.7 Å². The van der Waals surface area contributed by atoms with Gasteiger partial charge in [0.2, 0.25) is 0 Å². The Kier molecular flexibility index (Phi) is 7.87. The van der Waals surface area contributed by atoms with E-state index in [-0.39, 0.29) is 0 Å². The van der Waals surface area contributed by atoms with Gasteiger partial charge in [-0.05, 0) is 191 Å². The molecule has 0 N–H and O–H groups in total. The van der Waals surface area contributed by atoms with Gasteiger partial charge in [0, 0.05) is 5.30 Å². The van der Waals surface area contributed by atoms with Crippen LogP contribution in [-0.2, 0) is 13.3 Å². The van der Waals surface area contributed by atoms with Gasteiger partial charge in [-0.2, -0.15) is 0 Å². The van der Waals surface area contributed by atoms with Crippen LogP contribution in [0.15, 0.2) is 24.3 Å². The quantitative estimate of drug-likeness (QED) is 0.209.